The van der Waals surface area contributed by atoms with E-state index in [1.165, 1.54) is 4.88 Å². The minimum absolute atomic E-state index is 0.679. The molecule has 102 valence electrons. The topological polar surface area (TPSA) is 66.5 Å². The Hall–Kier alpha value is -2.05. The van der Waals surface area contributed by atoms with Crippen LogP contribution in [0, 0.1) is 6.92 Å². The first-order valence-electron chi connectivity index (χ1n) is 6.39. The van der Waals surface area contributed by atoms with Gasteiger partial charge in [-0.25, -0.2) is 4.98 Å². The van der Waals surface area contributed by atoms with Gasteiger partial charge in [0, 0.05) is 23.5 Å². The second kappa shape index (κ2) is 5.94. The molecule has 0 aliphatic rings. The zero-order valence-corrected chi connectivity index (χ0v) is 11.9. The van der Waals surface area contributed by atoms with Gasteiger partial charge >= 0.3 is 0 Å². The van der Waals surface area contributed by atoms with Gasteiger partial charge in [-0.15, -0.1) is 11.3 Å². The fourth-order valence-corrected chi connectivity index (χ4v) is 2.74. The summed E-state index contributed by atoms with van der Waals surface area (Å²) in [7, 11) is 0. The van der Waals surface area contributed by atoms with Crippen LogP contribution < -0.4 is 5.32 Å². The van der Waals surface area contributed by atoms with Crippen LogP contribution in [0.15, 0.2) is 35.8 Å². The lowest BCUT2D eigenvalue weighted by Crippen LogP contribution is -2.13. The van der Waals surface area contributed by atoms with Gasteiger partial charge in [0.1, 0.15) is 11.4 Å². The molecule has 0 fully saturated rings. The van der Waals surface area contributed by atoms with Crippen LogP contribution in [0.1, 0.15) is 16.3 Å². The summed E-state index contributed by atoms with van der Waals surface area (Å²) in [6, 6.07) is 10.1. The summed E-state index contributed by atoms with van der Waals surface area (Å²) in [6.07, 6.45) is 0. The van der Waals surface area contributed by atoms with Gasteiger partial charge in [0.15, 0.2) is 0 Å². The Bertz CT molecular complexity index is 674. The molecular formula is C14H15N5S. The molecule has 0 saturated carbocycles. The van der Waals surface area contributed by atoms with Gasteiger partial charge in [-0.3, -0.25) is 0 Å². The SMILES string of the molecule is Cc1ncsc1CNCc1n[nH]nc1-c1ccccc1. The average molecular weight is 285 g/mol. The van der Waals surface area contributed by atoms with Crippen molar-refractivity contribution in [3.8, 4) is 11.3 Å². The third-order valence-corrected chi connectivity index (χ3v) is 4.03. The average Bonchev–Trinajstić information content (AvgIpc) is 3.10. The van der Waals surface area contributed by atoms with Gasteiger partial charge < -0.3 is 5.32 Å². The van der Waals surface area contributed by atoms with E-state index >= 15 is 0 Å². The summed E-state index contributed by atoms with van der Waals surface area (Å²) in [5.74, 6) is 0. The molecule has 0 saturated heterocycles. The Morgan fingerprint density at radius 2 is 2.00 bits per heavy atom. The molecule has 1 aromatic carbocycles. The van der Waals surface area contributed by atoms with Crippen molar-refractivity contribution in [1.82, 2.24) is 25.7 Å². The first kappa shape index (κ1) is 13.0. The lowest BCUT2D eigenvalue weighted by atomic mass is 10.1. The van der Waals surface area contributed by atoms with Crippen molar-refractivity contribution in [2.45, 2.75) is 20.0 Å². The van der Waals surface area contributed by atoms with Crippen molar-refractivity contribution in [2.75, 3.05) is 0 Å². The molecule has 0 aliphatic heterocycles. The van der Waals surface area contributed by atoms with E-state index in [0.29, 0.717) is 6.54 Å². The monoisotopic (exact) mass is 285 g/mol. The molecule has 0 spiro atoms. The molecule has 6 heteroatoms. The standard InChI is InChI=1S/C14H15N5S/c1-10-13(20-9-16-10)8-15-7-12-14(18-19-17-12)11-5-3-2-4-6-11/h2-6,9,15H,7-8H2,1H3,(H,17,18,19). The first-order valence-corrected chi connectivity index (χ1v) is 7.27. The smallest absolute Gasteiger partial charge is 0.117 e. The van der Waals surface area contributed by atoms with Crippen molar-refractivity contribution in [1.29, 1.82) is 0 Å². The maximum absolute atomic E-state index is 4.24. The lowest BCUT2D eigenvalue weighted by Gasteiger charge is -2.03. The number of H-pyrrole nitrogens is 1. The summed E-state index contributed by atoms with van der Waals surface area (Å²) in [4.78, 5) is 5.50. The molecule has 2 aromatic heterocycles. The highest BCUT2D eigenvalue weighted by atomic mass is 32.1. The number of hydrogen-bond acceptors (Lipinski definition) is 5. The third kappa shape index (κ3) is 2.76. The number of rotatable bonds is 5. The number of nitrogens with zero attached hydrogens (tertiary/aromatic N) is 3. The Morgan fingerprint density at radius 3 is 2.75 bits per heavy atom. The Morgan fingerprint density at radius 1 is 1.15 bits per heavy atom. The summed E-state index contributed by atoms with van der Waals surface area (Å²) in [6.45, 7) is 3.51. The quantitative estimate of drug-likeness (QED) is 0.756. The molecule has 3 aromatic rings. The van der Waals surface area contributed by atoms with Gasteiger partial charge in [-0.2, -0.15) is 15.4 Å². The van der Waals surface area contributed by atoms with Gasteiger partial charge in [0.2, 0.25) is 0 Å². The van der Waals surface area contributed by atoms with Crippen LogP contribution in [0.5, 0.6) is 0 Å². The summed E-state index contributed by atoms with van der Waals surface area (Å²) in [5.41, 5.74) is 5.87. The second-order valence-electron chi connectivity index (χ2n) is 4.45. The third-order valence-electron chi connectivity index (χ3n) is 3.09. The minimum atomic E-state index is 0.679. The van der Waals surface area contributed by atoms with E-state index in [0.717, 1.165) is 29.2 Å². The van der Waals surface area contributed by atoms with Crippen LogP contribution >= 0.6 is 11.3 Å². The van der Waals surface area contributed by atoms with Gasteiger partial charge in [0.05, 0.1) is 11.2 Å². The molecule has 0 amide bonds. The predicted molar refractivity (Wildman–Crippen MR) is 79.2 cm³/mol. The Labute approximate surface area is 121 Å². The molecule has 2 heterocycles. The molecule has 0 unspecified atom stereocenters. The summed E-state index contributed by atoms with van der Waals surface area (Å²) in [5, 5.41) is 14.5. The van der Waals surface area contributed by atoms with Gasteiger partial charge in [-0.05, 0) is 6.92 Å². The van der Waals surface area contributed by atoms with E-state index in [4.69, 9.17) is 0 Å². The number of aromatic amines is 1. The van der Waals surface area contributed by atoms with Crippen molar-refractivity contribution >= 4 is 11.3 Å². The molecule has 20 heavy (non-hydrogen) atoms. The highest BCUT2D eigenvalue weighted by Crippen LogP contribution is 2.19. The van der Waals surface area contributed by atoms with Crippen LogP contribution in [0.25, 0.3) is 11.3 Å². The van der Waals surface area contributed by atoms with Crippen LogP contribution in [-0.2, 0) is 13.1 Å². The Kier molecular flexibility index (Phi) is 3.85. The van der Waals surface area contributed by atoms with E-state index in [-0.39, 0.29) is 0 Å². The van der Waals surface area contributed by atoms with Crippen molar-refractivity contribution in [3.63, 3.8) is 0 Å². The number of benzene rings is 1. The molecule has 5 nitrogen and oxygen atoms in total. The Balaban J connectivity index is 1.67. The molecular weight excluding hydrogens is 270 g/mol. The molecule has 2 N–H and O–H groups in total. The van der Waals surface area contributed by atoms with E-state index in [1.54, 1.807) is 11.3 Å². The molecule has 0 radical (unpaired) electrons. The highest BCUT2D eigenvalue weighted by molar-refractivity contribution is 7.09. The largest absolute Gasteiger partial charge is 0.306 e. The highest BCUT2D eigenvalue weighted by Gasteiger charge is 2.09. The van der Waals surface area contributed by atoms with E-state index in [2.05, 4.69) is 25.7 Å². The number of aryl methyl sites for hydroxylation is 1. The van der Waals surface area contributed by atoms with Crippen LogP contribution in [0.3, 0.4) is 0 Å². The number of aromatic nitrogens is 4. The van der Waals surface area contributed by atoms with E-state index < -0.39 is 0 Å². The number of nitrogens with one attached hydrogen (secondary N) is 2. The fraction of sp³-hybridized carbons (Fsp3) is 0.214. The number of hydrogen-bond donors (Lipinski definition) is 2. The van der Waals surface area contributed by atoms with Crippen LogP contribution in [0.4, 0.5) is 0 Å². The maximum atomic E-state index is 4.24. The molecule has 0 aliphatic carbocycles. The van der Waals surface area contributed by atoms with Crippen molar-refractivity contribution in [3.05, 3.63) is 52.1 Å². The zero-order chi connectivity index (χ0) is 13.8. The van der Waals surface area contributed by atoms with Crippen LogP contribution in [-0.4, -0.2) is 20.4 Å². The normalized spacial score (nSPS) is 10.8. The second-order valence-corrected chi connectivity index (χ2v) is 5.39. The molecule has 0 atom stereocenters. The van der Waals surface area contributed by atoms with Crippen molar-refractivity contribution in [2.24, 2.45) is 0 Å². The van der Waals surface area contributed by atoms with Crippen molar-refractivity contribution < 1.29 is 0 Å². The predicted octanol–water partition coefficient (Wildman–Crippen LogP) is 2.53. The molecule has 3 rings (SSSR count). The van der Waals surface area contributed by atoms with E-state index in [1.807, 2.05) is 42.8 Å². The van der Waals surface area contributed by atoms with Gasteiger partial charge in [0.25, 0.3) is 0 Å². The maximum Gasteiger partial charge on any atom is 0.117 e. The van der Waals surface area contributed by atoms with Gasteiger partial charge in [-0.1, -0.05) is 30.3 Å². The lowest BCUT2D eigenvalue weighted by molar-refractivity contribution is 0.681. The zero-order valence-electron chi connectivity index (χ0n) is 11.1. The first-order chi connectivity index (χ1) is 9.84. The minimum Gasteiger partial charge on any atom is -0.306 e. The van der Waals surface area contributed by atoms with E-state index in [9.17, 15) is 0 Å². The fourth-order valence-electron chi connectivity index (χ4n) is 1.99. The number of thiazole rings is 1. The van der Waals surface area contributed by atoms with Crippen LogP contribution in [0.2, 0.25) is 0 Å². The molecule has 0 bridgehead atoms. The summed E-state index contributed by atoms with van der Waals surface area (Å²) >= 11 is 1.67. The summed E-state index contributed by atoms with van der Waals surface area (Å²) < 4.78 is 0.